The van der Waals surface area contributed by atoms with Crippen LogP contribution in [-0.2, 0) is 10.0 Å². The standard InChI is InChI=1S/C18H21N7O5S/c1-4-24(5-2)31(28,29)14-8-6-13(7-9-14)21-17-16(25(26)27)18(20-11-19-17)22-15-10-12(3)30-23-15/h6-11H,4-5H2,1-3H3,(H2,19,20,21,22,23). The van der Waals surface area contributed by atoms with E-state index in [1.807, 2.05) is 0 Å². The highest BCUT2D eigenvalue weighted by Gasteiger charge is 2.25. The molecule has 0 saturated heterocycles. The molecular weight excluding hydrogens is 426 g/mol. The van der Waals surface area contributed by atoms with Gasteiger partial charge in [-0.2, -0.15) is 4.31 Å². The molecule has 31 heavy (non-hydrogen) atoms. The van der Waals surface area contributed by atoms with E-state index in [1.165, 1.54) is 28.6 Å². The predicted octanol–water partition coefficient (Wildman–Crippen LogP) is 3.20. The van der Waals surface area contributed by atoms with Crippen LogP contribution in [-0.4, -0.2) is 45.9 Å². The molecule has 0 spiro atoms. The van der Waals surface area contributed by atoms with E-state index >= 15 is 0 Å². The van der Waals surface area contributed by atoms with Crippen LogP contribution < -0.4 is 10.6 Å². The molecule has 3 aromatic rings. The molecule has 0 aliphatic carbocycles. The maximum absolute atomic E-state index is 12.6. The third-order valence-electron chi connectivity index (χ3n) is 4.34. The molecular formula is C18H21N7O5S. The van der Waals surface area contributed by atoms with Gasteiger partial charge in [0.25, 0.3) is 0 Å². The zero-order chi connectivity index (χ0) is 22.6. The van der Waals surface area contributed by atoms with E-state index in [1.54, 1.807) is 26.8 Å². The first kappa shape index (κ1) is 22.1. The molecule has 0 fully saturated rings. The molecule has 0 aliphatic heterocycles. The largest absolute Gasteiger partial charge is 0.360 e. The van der Waals surface area contributed by atoms with Crippen LogP contribution in [0.1, 0.15) is 19.6 Å². The lowest BCUT2D eigenvalue weighted by atomic mass is 10.3. The Kier molecular flexibility index (Phi) is 6.46. The highest BCUT2D eigenvalue weighted by molar-refractivity contribution is 7.89. The van der Waals surface area contributed by atoms with Gasteiger partial charge in [-0.3, -0.25) is 10.1 Å². The SMILES string of the molecule is CCN(CC)S(=O)(=O)c1ccc(Nc2ncnc(Nc3cc(C)on3)c2[N+](=O)[O-])cc1. The predicted molar refractivity (Wildman–Crippen MR) is 113 cm³/mol. The van der Waals surface area contributed by atoms with Gasteiger partial charge in [0, 0.05) is 24.8 Å². The summed E-state index contributed by atoms with van der Waals surface area (Å²) in [6.45, 7) is 5.91. The van der Waals surface area contributed by atoms with Crippen LogP contribution in [0.25, 0.3) is 0 Å². The molecule has 2 aromatic heterocycles. The number of nitro groups is 1. The summed E-state index contributed by atoms with van der Waals surface area (Å²) < 4.78 is 31.5. The summed E-state index contributed by atoms with van der Waals surface area (Å²) in [4.78, 5) is 19.0. The van der Waals surface area contributed by atoms with Crippen LogP contribution in [0.3, 0.4) is 0 Å². The van der Waals surface area contributed by atoms with Crippen molar-refractivity contribution in [3.63, 3.8) is 0 Å². The fourth-order valence-corrected chi connectivity index (χ4v) is 4.30. The quantitative estimate of drug-likeness (QED) is 0.369. The monoisotopic (exact) mass is 447 g/mol. The van der Waals surface area contributed by atoms with Gasteiger partial charge >= 0.3 is 5.69 Å². The Hall–Kier alpha value is -3.58. The first-order chi connectivity index (χ1) is 14.8. The van der Waals surface area contributed by atoms with Crippen LogP contribution in [0, 0.1) is 17.0 Å². The minimum absolute atomic E-state index is 0.0675. The van der Waals surface area contributed by atoms with Crippen molar-refractivity contribution in [1.82, 2.24) is 19.4 Å². The molecule has 2 heterocycles. The van der Waals surface area contributed by atoms with Gasteiger partial charge in [0.1, 0.15) is 12.1 Å². The van der Waals surface area contributed by atoms with E-state index in [0.29, 0.717) is 24.5 Å². The summed E-state index contributed by atoms with van der Waals surface area (Å²) in [5, 5.41) is 21.0. The second-order valence-electron chi connectivity index (χ2n) is 6.36. The normalized spacial score (nSPS) is 11.5. The molecule has 12 nitrogen and oxygen atoms in total. The summed E-state index contributed by atoms with van der Waals surface area (Å²) in [6, 6.07) is 7.45. The molecule has 2 N–H and O–H groups in total. The number of hydrogen-bond acceptors (Lipinski definition) is 10. The lowest BCUT2D eigenvalue weighted by Crippen LogP contribution is -2.30. The molecule has 0 radical (unpaired) electrons. The molecule has 0 atom stereocenters. The summed E-state index contributed by atoms with van der Waals surface area (Å²) in [5.74, 6) is 0.645. The first-order valence-corrected chi connectivity index (χ1v) is 10.8. The van der Waals surface area contributed by atoms with Crippen molar-refractivity contribution in [2.24, 2.45) is 0 Å². The Balaban J connectivity index is 1.89. The van der Waals surface area contributed by atoms with Gasteiger partial charge in [0.15, 0.2) is 5.82 Å². The maximum atomic E-state index is 12.6. The van der Waals surface area contributed by atoms with E-state index in [4.69, 9.17) is 4.52 Å². The van der Waals surface area contributed by atoms with Gasteiger partial charge < -0.3 is 15.2 Å². The molecule has 164 valence electrons. The Labute approximate surface area is 178 Å². The number of benzene rings is 1. The van der Waals surface area contributed by atoms with E-state index < -0.39 is 20.6 Å². The molecule has 1 aromatic carbocycles. The summed E-state index contributed by atoms with van der Waals surface area (Å²) in [6.07, 6.45) is 1.16. The third kappa shape index (κ3) is 4.78. The minimum atomic E-state index is -3.61. The Morgan fingerprint density at radius 1 is 1.10 bits per heavy atom. The zero-order valence-corrected chi connectivity index (χ0v) is 17.9. The first-order valence-electron chi connectivity index (χ1n) is 9.33. The van der Waals surface area contributed by atoms with Crippen LogP contribution in [0.2, 0.25) is 0 Å². The van der Waals surface area contributed by atoms with Gasteiger partial charge in [-0.1, -0.05) is 19.0 Å². The third-order valence-corrected chi connectivity index (χ3v) is 6.40. The summed E-state index contributed by atoms with van der Waals surface area (Å²) in [7, 11) is -3.61. The average molecular weight is 447 g/mol. The number of sulfonamides is 1. The second-order valence-corrected chi connectivity index (χ2v) is 8.30. The highest BCUT2D eigenvalue weighted by Crippen LogP contribution is 2.33. The number of nitrogens with one attached hydrogen (secondary N) is 2. The van der Waals surface area contributed by atoms with Gasteiger partial charge in [-0.15, -0.1) is 0 Å². The lowest BCUT2D eigenvalue weighted by molar-refractivity contribution is -0.383. The van der Waals surface area contributed by atoms with Crippen molar-refractivity contribution in [3.05, 3.63) is 52.5 Å². The number of nitrogens with zero attached hydrogens (tertiary/aromatic N) is 5. The fourth-order valence-electron chi connectivity index (χ4n) is 2.84. The maximum Gasteiger partial charge on any atom is 0.353 e. The molecule has 0 amide bonds. The Bertz CT molecular complexity index is 1170. The van der Waals surface area contributed by atoms with Crippen LogP contribution in [0.15, 0.2) is 46.1 Å². The van der Waals surface area contributed by atoms with E-state index in [2.05, 4.69) is 25.8 Å². The van der Waals surface area contributed by atoms with Crippen LogP contribution >= 0.6 is 0 Å². The van der Waals surface area contributed by atoms with Gasteiger partial charge in [-0.25, -0.2) is 18.4 Å². The van der Waals surface area contributed by atoms with Gasteiger partial charge in [0.05, 0.1) is 9.82 Å². The number of hydrogen-bond donors (Lipinski definition) is 2. The van der Waals surface area contributed by atoms with Crippen molar-refractivity contribution in [2.75, 3.05) is 23.7 Å². The number of rotatable bonds is 9. The number of aryl methyl sites for hydroxylation is 1. The molecule has 13 heteroatoms. The number of aromatic nitrogens is 3. The van der Waals surface area contributed by atoms with Crippen LogP contribution in [0.5, 0.6) is 0 Å². The molecule has 0 saturated carbocycles. The van der Waals surface area contributed by atoms with Crippen molar-refractivity contribution >= 4 is 38.9 Å². The summed E-state index contributed by atoms with van der Waals surface area (Å²) >= 11 is 0. The Morgan fingerprint density at radius 2 is 1.71 bits per heavy atom. The Morgan fingerprint density at radius 3 is 2.23 bits per heavy atom. The van der Waals surface area contributed by atoms with Gasteiger partial charge in [-0.05, 0) is 31.2 Å². The van der Waals surface area contributed by atoms with Crippen molar-refractivity contribution in [1.29, 1.82) is 0 Å². The van der Waals surface area contributed by atoms with Crippen molar-refractivity contribution in [3.8, 4) is 0 Å². The average Bonchev–Trinajstić information content (AvgIpc) is 3.13. The molecule has 0 bridgehead atoms. The topological polar surface area (TPSA) is 156 Å². The van der Waals surface area contributed by atoms with E-state index in [0.717, 1.165) is 6.33 Å². The van der Waals surface area contributed by atoms with E-state index in [-0.39, 0.29) is 22.3 Å². The second kappa shape index (κ2) is 9.06. The minimum Gasteiger partial charge on any atom is -0.360 e. The molecule has 0 unspecified atom stereocenters. The number of anilines is 4. The van der Waals surface area contributed by atoms with E-state index in [9.17, 15) is 18.5 Å². The van der Waals surface area contributed by atoms with Gasteiger partial charge in [0.2, 0.25) is 21.7 Å². The zero-order valence-electron chi connectivity index (χ0n) is 17.1. The molecule has 3 rings (SSSR count). The van der Waals surface area contributed by atoms with Crippen molar-refractivity contribution < 1.29 is 17.9 Å². The molecule has 0 aliphatic rings. The summed E-state index contributed by atoms with van der Waals surface area (Å²) in [5.41, 5.74) is 0.0199. The lowest BCUT2D eigenvalue weighted by Gasteiger charge is -2.18. The fraction of sp³-hybridized carbons (Fsp3) is 0.278. The highest BCUT2D eigenvalue weighted by atomic mass is 32.2. The van der Waals surface area contributed by atoms with Crippen molar-refractivity contribution in [2.45, 2.75) is 25.7 Å². The van der Waals surface area contributed by atoms with Crippen LogP contribution in [0.4, 0.5) is 28.8 Å². The smallest absolute Gasteiger partial charge is 0.353 e.